The van der Waals surface area contributed by atoms with E-state index in [1.54, 1.807) is 0 Å². The highest BCUT2D eigenvalue weighted by molar-refractivity contribution is 6.11. The van der Waals surface area contributed by atoms with Crippen molar-refractivity contribution in [2.24, 2.45) is 0 Å². The van der Waals surface area contributed by atoms with Gasteiger partial charge < -0.3 is 4.42 Å². The first-order valence-corrected chi connectivity index (χ1v) is 20.6. The zero-order valence-corrected chi connectivity index (χ0v) is 33.0. The second-order valence-electron chi connectivity index (χ2n) is 15.5. The van der Waals surface area contributed by atoms with Crippen LogP contribution in [-0.4, -0.2) is 15.0 Å². The van der Waals surface area contributed by atoms with E-state index >= 15 is 0 Å². The van der Waals surface area contributed by atoms with Crippen LogP contribution < -0.4 is 0 Å². The van der Waals surface area contributed by atoms with Gasteiger partial charge in [0.05, 0.1) is 5.56 Å². The third-order valence-corrected chi connectivity index (χ3v) is 11.9. The number of furan rings is 1. The van der Waals surface area contributed by atoms with Gasteiger partial charge in [0.15, 0.2) is 17.5 Å². The monoisotopic (exact) mass is 777 g/mol. The molecule has 0 aliphatic carbocycles. The highest BCUT2D eigenvalue weighted by Crippen LogP contribution is 2.41. The molecule has 284 valence electrons. The van der Waals surface area contributed by atoms with Crippen LogP contribution in [0.15, 0.2) is 217 Å². The molecule has 0 amide bonds. The van der Waals surface area contributed by atoms with E-state index in [4.69, 9.17) is 19.4 Å². The highest BCUT2D eigenvalue weighted by atomic mass is 16.3. The van der Waals surface area contributed by atoms with E-state index in [2.05, 4.69) is 188 Å². The molecule has 0 saturated carbocycles. The number of nitrogens with zero attached hydrogens (tertiary/aromatic N) is 3. The van der Waals surface area contributed by atoms with Crippen molar-refractivity contribution in [3.05, 3.63) is 212 Å². The Kier molecular flexibility index (Phi) is 8.13. The first-order chi connectivity index (χ1) is 30.2. The number of rotatable bonds is 6. The van der Waals surface area contributed by atoms with E-state index in [1.165, 1.54) is 38.2 Å². The topological polar surface area (TPSA) is 51.8 Å². The fourth-order valence-corrected chi connectivity index (χ4v) is 9.00. The molecule has 61 heavy (non-hydrogen) atoms. The van der Waals surface area contributed by atoms with Gasteiger partial charge in [-0.15, -0.1) is 0 Å². The lowest BCUT2D eigenvalue weighted by molar-refractivity contribution is 0.669. The zero-order valence-electron chi connectivity index (χ0n) is 33.0. The van der Waals surface area contributed by atoms with Crippen molar-refractivity contribution >= 4 is 54.3 Å². The molecule has 0 spiro atoms. The smallest absolute Gasteiger partial charge is 0.167 e. The summed E-state index contributed by atoms with van der Waals surface area (Å²) in [6.45, 7) is 0. The van der Waals surface area contributed by atoms with Crippen molar-refractivity contribution in [2.45, 2.75) is 0 Å². The lowest BCUT2D eigenvalue weighted by Crippen LogP contribution is -2.01. The minimum Gasteiger partial charge on any atom is -0.455 e. The Hall–Kier alpha value is -8.21. The fraction of sp³-hybridized carbons (Fsp3) is 0. The van der Waals surface area contributed by atoms with Crippen molar-refractivity contribution in [1.29, 1.82) is 0 Å². The molecule has 0 fully saturated rings. The third-order valence-electron chi connectivity index (χ3n) is 11.9. The van der Waals surface area contributed by atoms with Gasteiger partial charge in [-0.25, -0.2) is 15.0 Å². The van der Waals surface area contributed by atoms with Crippen molar-refractivity contribution < 1.29 is 4.42 Å². The molecule has 4 heteroatoms. The lowest BCUT2D eigenvalue weighted by atomic mass is 9.92. The van der Waals surface area contributed by atoms with E-state index in [9.17, 15) is 0 Å². The molecule has 10 aromatic carbocycles. The van der Waals surface area contributed by atoms with Crippen LogP contribution in [0.3, 0.4) is 0 Å². The molecule has 2 aromatic heterocycles. The summed E-state index contributed by atoms with van der Waals surface area (Å²) >= 11 is 0. The number of para-hydroxylation sites is 2. The highest BCUT2D eigenvalue weighted by Gasteiger charge is 2.20. The van der Waals surface area contributed by atoms with Crippen LogP contribution in [0.2, 0.25) is 0 Å². The summed E-state index contributed by atoms with van der Waals surface area (Å²) in [5.74, 6) is 1.74. The van der Waals surface area contributed by atoms with E-state index in [-0.39, 0.29) is 0 Å². The number of benzene rings is 10. The Morgan fingerprint density at radius 3 is 1.59 bits per heavy atom. The maximum absolute atomic E-state index is 6.54. The lowest BCUT2D eigenvalue weighted by Gasteiger charge is -2.14. The summed E-state index contributed by atoms with van der Waals surface area (Å²) < 4.78 is 6.54. The van der Waals surface area contributed by atoms with Crippen LogP contribution in [0.5, 0.6) is 0 Å². The average molecular weight is 778 g/mol. The molecule has 0 saturated heterocycles. The summed E-state index contributed by atoms with van der Waals surface area (Å²) in [6, 6.07) is 74.7. The van der Waals surface area contributed by atoms with Crippen LogP contribution in [0.1, 0.15) is 0 Å². The van der Waals surface area contributed by atoms with Crippen LogP contribution >= 0.6 is 0 Å². The van der Waals surface area contributed by atoms with Crippen LogP contribution in [0.25, 0.3) is 122 Å². The average Bonchev–Trinajstić information content (AvgIpc) is 3.72. The standard InChI is InChI=1S/C57H35N3O/c1-2-14-38(15-3-1)52-35-41(34-40-17-5-7-20-43(40)52)36-28-30-39(31-29-36)55-58-56(60-57(59-55)51-26-13-25-49-48-23-10-11-27-53(48)61-54(49)51)50-33-32-47(45-21-8-9-22-46(45)50)44-24-12-18-37-16-4-6-19-42(37)44/h1-35H. The molecule has 0 aliphatic heterocycles. The molecule has 0 bridgehead atoms. The number of fused-ring (bicyclic) bond motifs is 6. The molecule has 0 N–H and O–H groups in total. The molecule has 12 rings (SSSR count). The Morgan fingerprint density at radius 1 is 0.262 bits per heavy atom. The van der Waals surface area contributed by atoms with Crippen molar-refractivity contribution in [3.63, 3.8) is 0 Å². The van der Waals surface area contributed by atoms with E-state index in [1.807, 2.05) is 24.3 Å². The molecule has 0 radical (unpaired) electrons. The van der Waals surface area contributed by atoms with Gasteiger partial charge in [0.1, 0.15) is 11.2 Å². The van der Waals surface area contributed by atoms with Crippen molar-refractivity contribution in [1.82, 2.24) is 15.0 Å². The van der Waals surface area contributed by atoms with Gasteiger partial charge in [0.25, 0.3) is 0 Å². The number of hydrogen-bond donors (Lipinski definition) is 0. The zero-order chi connectivity index (χ0) is 40.3. The van der Waals surface area contributed by atoms with Crippen LogP contribution in [-0.2, 0) is 0 Å². The number of aromatic nitrogens is 3. The van der Waals surface area contributed by atoms with E-state index in [0.717, 1.165) is 66.1 Å². The SMILES string of the molecule is c1ccc(-c2cc(-c3ccc(-c4nc(-c5ccc(-c6cccc7ccccc67)c6ccccc56)nc(-c5cccc6c5oc5ccccc56)n4)cc3)cc3ccccc23)cc1. The van der Waals surface area contributed by atoms with Gasteiger partial charge in [0.2, 0.25) is 0 Å². The first kappa shape index (κ1) is 34.8. The van der Waals surface area contributed by atoms with Gasteiger partial charge in [-0.2, -0.15) is 0 Å². The van der Waals surface area contributed by atoms with Crippen LogP contribution in [0, 0.1) is 0 Å². The quantitative estimate of drug-likeness (QED) is 0.169. The summed E-state index contributed by atoms with van der Waals surface area (Å²) in [5, 5.41) is 9.15. The maximum atomic E-state index is 6.54. The Balaban J connectivity index is 1.03. The summed E-state index contributed by atoms with van der Waals surface area (Å²) in [5.41, 5.74) is 11.2. The predicted octanol–water partition coefficient (Wildman–Crippen LogP) is 15.2. The Labute approximate surface area is 352 Å². The van der Waals surface area contributed by atoms with Gasteiger partial charge >= 0.3 is 0 Å². The molecule has 0 aliphatic rings. The molecular weight excluding hydrogens is 743 g/mol. The second kappa shape index (κ2) is 14.3. The molecule has 0 atom stereocenters. The van der Waals surface area contributed by atoms with E-state index < -0.39 is 0 Å². The number of hydrogen-bond acceptors (Lipinski definition) is 4. The van der Waals surface area contributed by atoms with Gasteiger partial charge in [-0.1, -0.05) is 182 Å². The van der Waals surface area contributed by atoms with Crippen molar-refractivity contribution in [2.75, 3.05) is 0 Å². The Morgan fingerprint density at radius 2 is 0.787 bits per heavy atom. The van der Waals surface area contributed by atoms with Crippen molar-refractivity contribution in [3.8, 4) is 67.5 Å². The fourth-order valence-electron chi connectivity index (χ4n) is 9.00. The largest absolute Gasteiger partial charge is 0.455 e. The first-order valence-electron chi connectivity index (χ1n) is 20.6. The summed E-state index contributed by atoms with van der Waals surface area (Å²) in [4.78, 5) is 15.8. The predicted molar refractivity (Wildman–Crippen MR) is 252 cm³/mol. The molecule has 4 nitrogen and oxygen atoms in total. The maximum Gasteiger partial charge on any atom is 0.167 e. The second-order valence-corrected chi connectivity index (χ2v) is 15.5. The summed E-state index contributed by atoms with van der Waals surface area (Å²) in [7, 11) is 0. The third kappa shape index (κ3) is 5.96. The molecular formula is C57H35N3O. The van der Waals surface area contributed by atoms with E-state index in [0.29, 0.717) is 17.5 Å². The van der Waals surface area contributed by atoms with Gasteiger partial charge in [0, 0.05) is 21.9 Å². The minimum atomic E-state index is 0.554. The van der Waals surface area contributed by atoms with Gasteiger partial charge in [-0.3, -0.25) is 0 Å². The van der Waals surface area contributed by atoms with Gasteiger partial charge in [-0.05, 0) is 96.0 Å². The van der Waals surface area contributed by atoms with Crippen LogP contribution in [0.4, 0.5) is 0 Å². The summed E-state index contributed by atoms with van der Waals surface area (Å²) in [6.07, 6.45) is 0. The Bertz CT molecular complexity index is 3640. The normalized spacial score (nSPS) is 11.6. The molecule has 0 unspecified atom stereocenters. The minimum absolute atomic E-state index is 0.554. The molecule has 12 aromatic rings. The molecule has 2 heterocycles.